The zero-order valence-electron chi connectivity index (χ0n) is 17.5. The summed E-state index contributed by atoms with van der Waals surface area (Å²) in [5.41, 5.74) is 5.28. The van der Waals surface area contributed by atoms with Crippen LogP contribution in [0.2, 0.25) is 0 Å². The number of halogens is 3. The Morgan fingerprint density at radius 3 is 2.66 bits per heavy atom. The molecule has 5 rings (SSSR count). The van der Waals surface area contributed by atoms with Crippen LogP contribution in [0.1, 0.15) is 31.9 Å². The van der Waals surface area contributed by atoms with E-state index in [1.54, 1.807) is 18.6 Å². The van der Waals surface area contributed by atoms with Crippen molar-refractivity contribution in [1.29, 1.82) is 0 Å². The molecule has 11 heteroatoms. The first-order chi connectivity index (χ1) is 15.2. The van der Waals surface area contributed by atoms with E-state index < -0.39 is 11.9 Å². The number of rotatable bonds is 3. The van der Waals surface area contributed by atoms with E-state index in [4.69, 9.17) is 10.5 Å². The molecule has 0 aromatic carbocycles. The summed E-state index contributed by atoms with van der Waals surface area (Å²) in [5.74, 6) is 0.571. The number of imidazole rings is 1. The summed E-state index contributed by atoms with van der Waals surface area (Å²) in [5, 5.41) is 0. The van der Waals surface area contributed by atoms with Gasteiger partial charge in [0.25, 0.3) is 0 Å². The normalized spacial score (nSPS) is 21.0. The van der Waals surface area contributed by atoms with E-state index in [2.05, 4.69) is 26.8 Å². The van der Waals surface area contributed by atoms with E-state index in [0.29, 0.717) is 16.6 Å². The predicted molar refractivity (Wildman–Crippen MR) is 115 cm³/mol. The molecule has 0 bridgehead atoms. The largest absolute Gasteiger partial charge is 0.434 e. The lowest BCUT2D eigenvalue weighted by Crippen LogP contribution is -2.41. The van der Waals surface area contributed by atoms with Gasteiger partial charge in [0.2, 0.25) is 5.95 Å². The van der Waals surface area contributed by atoms with Gasteiger partial charge in [0.15, 0.2) is 11.3 Å². The molecule has 1 atom stereocenters. The van der Waals surface area contributed by atoms with Gasteiger partial charge in [-0.3, -0.25) is 4.40 Å². The van der Waals surface area contributed by atoms with Crippen LogP contribution in [0.15, 0.2) is 40.5 Å². The maximum atomic E-state index is 13.5. The van der Waals surface area contributed by atoms with Crippen LogP contribution in [0.3, 0.4) is 0 Å². The molecule has 2 fully saturated rings. The van der Waals surface area contributed by atoms with Gasteiger partial charge in [-0.15, -0.1) is 0 Å². The van der Waals surface area contributed by atoms with Crippen molar-refractivity contribution in [2.24, 2.45) is 5.41 Å². The molecule has 0 radical (unpaired) electrons. The molecule has 1 spiro atoms. The number of nitrogens with zero attached hydrogens (tertiary/aromatic N) is 5. The van der Waals surface area contributed by atoms with Gasteiger partial charge < -0.3 is 15.4 Å². The summed E-state index contributed by atoms with van der Waals surface area (Å²) < 4.78 is 48.0. The van der Waals surface area contributed by atoms with Crippen LogP contribution in [-0.2, 0) is 10.9 Å². The Balaban J connectivity index is 1.42. The quantitative estimate of drug-likeness (QED) is 0.620. The SMILES string of the molecule is C[C@H]1CC2(CCN(c3ncc(Sc4ccc(N)nc4C(F)(F)F)c4nccn34)CC2)CO1. The number of piperidine rings is 1. The van der Waals surface area contributed by atoms with Crippen molar-refractivity contribution >= 4 is 29.2 Å². The van der Waals surface area contributed by atoms with Crippen molar-refractivity contribution < 1.29 is 17.9 Å². The summed E-state index contributed by atoms with van der Waals surface area (Å²) in [6, 6.07) is 2.69. The summed E-state index contributed by atoms with van der Waals surface area (Å²) in [7, 11) is 0. The zero-order chi connectivity index (χ0) is 22.5. The van der Waals surface area contributed by atoms with Gasteiger partial charge >= 0.3 is 6.18 Å². The predicted octanol–water partition coefficient (Wildman–Crippen LogP) is 4.27. The minimum Gasteiger partial charge on any atom is -0.384 e. The Hall–Kier alpha value is -2.53. The average Bonchev–Trinajstić information content (AvgIpc) is 3.37. The van der Waals surface area contributed by atoms with Crippen molar-refractivity contribution in [3.63, 3.8) is 0 Å². The van der Waals surface area contributed by atoms with Gasteiger partial charge in [-0.2, -0.15) is 13.2 Å². The first kappa shape index (κ1) is 21.3. The Kier molecular flexibility index (Phi) is 5.20. The second-order valence-electron chi connectivity index (χ2n) is 8.54. The molecule has 0 unspecified atom stereocenters. The molecule has 0 aliphatic carbocycles. The van der Waals surface area contributed by atoms with Gasteiger partial charge in [-0.05, 0) is 43.7 Å². The van der Waals surface area contributed by atoms with Gasteiger partial charge in [0.1, 0.15) is 5.82 Å². The van der Waals surface area contributed by atoms with Crippen molar-refractivity contribution in [2.45, 2.75) is 48.3 Å². The monoisotopic (exact) mass is 464 g/mol. The standard InChI is InChI=1S/C21H23F3N6OS/c1-13-10-20(12-31-13)4-7-29(8-5-20)19-27-11-15(18-26-6-9-30(18)19)32-14-2-3-16(25)28-17(14)21(22,23)24/h2-3,6,9,11,13H,4-5,7-8,10,12H2,1H3,(H2,25,28)/t13-/m0/s1. The van der Waals surface area contributed by atoms with Crippen molar-refractivity contribution in [1.82, 2.24) is 19.4 Å². The number of nitrogen functional groups attached to an aromatic ring is 1. The fourth-order valence-electron chi connectivity index (χ4n) is 4.63. The second kappa shape index (κ2) is 7.80. The van der Waals surface area contributed by atoms with E-state index in [1.807, 2.05) is 4.40 Å². The lowest BCUT2D eigenvalue weighted by Gasteiger charge is -2.39. The highest BCUT2D eigenvalue weighted by Crippen LogP contribution is 2.43. The fraction of sp³-hybridized carbons (Fsp3) is 0.476. The highest BCUT2D eigenvalue weighted by molar-refractivity contribution is 7.99. The minimum absolute atomic E-state index is 0.0404. The van der Waals surface area contributed by atoms with Crippen molar-refractivity contribution in [3.8, 4) is 0 Å². The van der Waals surface area contributed by atoms with Crippen LogP contribution in [-0.4, -0.2) is 45.2 Å². The topological polar surface area (TPSA) is 81.6 Å². The third kappa shape index (κ3) is 3.88. The highest BCUT2D eigenvalue weighted by Gasteiger charge is 2.41. The molecule has 5 heterocycles. The van der Waals surface area contributed by atoms with Crippen LogP contribution in [0, 0.1) is 5.41 Å². The number of hydrogen-bond acceptors (Lipinski definition) is 7. The van der Waals surface area contributed by atoms with Crippen molar-refractivity contribution in [3.05, 3.63) is 36.4 Å². The molecule has 170 valence electrons. The van der Waals surface area contributed by atoms with Gasteiger partial charge in [0, 0.05) is 36.6 Å². The number of aromatic nitrogens is 4. The molecule has 0 amide bonds. The fourth-order valence-corrected chi connectivity index (χ4v) is 5.61. The summed E-state index contributed by atoms with van der Waals surface area (Å²) in [4.78, 5) is 15.2. The summed E-state index contributed by atoms with van der Waals surface area (Å²) in [6.45, 7) is 4.63. The number of pyridine rings is 1. The number of anilines is 2. The first-order valence-corrected chi connectivity index (χ1v) is 11.3. The molecule has 0 saturated carbocycles. The molecule has 3 aromatic rings. The molecular weight excluding hydrogens is 441 g/mol. The molecule has 7 nitrogen and oxygen atoms in total. The molecule has 32 heavy (non-hydrogen) atoms. The van der Waals surface area contributed by atoms with E-state index in [1.165, 1.54) is 12.1 Å². The first-order valence-electron chi connectivity index (χ1n) is 10.4. The number of ether oxygens (including phenoxy) is 1. The van der Waals surface area contributed by atoms with E-state index >= 15 is 0 Å². The van der Waals surface area contributed by atoms with Gasteiger partial charge in [-0.25, -0.2) is 15.0 Å². The number of alkyl halides is 3. The van der Waals surface area contributed by atoms with Crippen LogP contribution >= 0.6 is 11.8 Å². The van der Waals surface area contributed by atoms with E-state index in [0.717, 1.165) is 56.7 Å². The lowest BCUT2D eigenvalue weighted by molar-refractivity contribution is -0.143. The minimum atomic E-state index is -4.61. The number of hydrogen-bond donors (Lipinski definition) is 1. The average molecular weight is 465 g/mol. The third-order valence-electron chi connectivity index (χ3n) is 6.24. The maximum absolute atomic E-state index is 13.5. The van der Waals surface area contributed by atoms with Crippen LogP contribution in [0.5, 0.6) is 0 Å². The van der Waals surface area contributed by atoms with Crippen LogP contribution in [0.25, 0.3) is 5.65 Å². The van der Waals surface area contributed by atoms with Crippen molar-refractivity contribution in [2.75, 3.05) is 30.3 Å². The molecule has 2 saturated heterocycles. The summed E-state index contributed by atoms with van der Waals surface area (Å²) in [6.07, 6.45) is 3.84. The van der Waals surface area contributed by atoms with Gasteiger partial charge in [-0.1, -0.05) is 11.8 Å². The molecule has 2 aliphatic rings. The Bertz CT molecular complexity index is 1140. The number of nitrogens with two attached hydrogens (primary N) is 1. The molecule has 3 aromatic heterocycles. The molecule has 2 aliphatic heterocycles. The van der Waals surface area contributed by atoms with E-state index in [-0.39, 0.29) is 16.1 Å². The molecular formula is C21H23F3N6OS. The third-order valence-corrected chi connectivity index (χ3v) is 7.30. The summed E-state index contributed by atoms with van der Waals surface area (Å²) >= 11 is 0.936. The molecule has 2 N–H and O–H groups in total. The zero-order valence-corrected chi connectivity index (χ0v) is 18.3. The van der Waals surface area contributed by atoms with Crippen LogP contribution < -0.4 is 10.6 Å². The lowest BCUT2D eigenvalue weighted by atomic mass is 9.77. The number of fused-ring (bicyclic) bond motifs is 1. The van der Waals surface area contributed by atoms with E-state index in [9.17, 15) is 13.2 Å². The second-order valence-corrected chi connectivity index (χ2v) is 9.62. The van der Waals surface area contributed by atoms with Crippen LogP contribution in [0.4, 0.5) is 24.9 Å². The highest BCUT2D eigenvalue weighted by atomic mass is 32.2. The van der Waals surface area contributed by atoms with Gasteiger partial charge in [0.05, 0.1) is 17.6 Å². The Morgan fingerprint density at radius 2 is 1.97 bits per heavy atom. The smallest absolute Gasteiger partial charge is 0.384 e. The Morgan fingerprint density at radius 1 is 1.19 bits per heavy atom. The maximum Gasteiger partial charge on any atom is 0.434 e. The Labute approximate surface area is 187 Å².